The van der Waals surface area contributed by atoms with Crippen LogP contribution in [0.4, 0.5) is 0 Å². The molecule has 0 amide bonds. The molecule has 4 rings (SSSR count). The average molecular weight is 473 g/mol. The van der Waals surface area contributed by atoms with E-state index in [1.54, 1.807) is 0 Å². The summed E-state index contributed by atoms with van der Waals surface area (Å²) in [6.07, 6.45) is 15.8. The highest BCUT2D eigenvalue weighted by Gasteiger charge is 2.60. The Labute approximate surface area is 209 Å². The van der Waals surface area contributed by atoms with Crippen molar-refractivity contribution in [1.29, 1.82) is 0 Å². The van der Waals surface area contributed by atoms with Gasteiger partial charge in [0.15, 0.2) is 0 Å². The number of carbonyl (C=O) groups is 2. The number of esters is 1. The van der Waals surface area contributed by atoms with Crippen LogP contribution in [-0.2, 0) is 14.3 Å². The van der Waals surface area contributed by atoms with Crippen molar-refractivity contribution >= 4 is 11.8 Å². The van der Waals surface area contributed by atoms with Gasteiger partial charge in [0.25, 0.3) is 0 Å². The molecule has 0 unspecified atom stereocenters. The maximum atomic E-state index is 12.1. The predicted molar refractivity (Wildman–Crippen MR) is 138 cm³/mol. The van der Waals surface area contributed by atoms with Crippen LogP contribution in [-0.4, -0.2) is 17.9 Å². The standard InChI is InChI=1S/C31H52O3/c1-20(2)8-7-9-21(3)26-12-13-27-25-11-10-23-19-24(34-29(33)18-22(4)32)14-16-30(23,5)28(25)15-17-31(26,27)6/h20-21,23-28H,7-19H2,1-6H3/t21-,23+,24+,25-,26+,27+,28-,30+,31-/m1/s1. The van der Waals surface area contributed by atoms with E-state index in [0.717, 1.165) is 48.3 Å². The third-order valence-electron chi connectivity index (χ3n) is 11.5. The van der Waals surface area contributed by atoms with Gasteiger partial charge in [0.1, 0.15) is 18.3 Å². The van der Waals surface area contributed by atoms with Crippen LogP contribution in [0.2, 0.25) is 0 Å². The highest BCUT2D eigenvalue weighted by atomic mass is 16.5. The summed E-state index contributed by atoms with van der Waals surface area (Å²) in [5, 5.41) is 0. The molecule has 0 radical (unpaired) electrons. The van der Waals surface area contributed by atoms with Crippen LogP contribution in [0.5, 0.6) is 0 Å². The van der Waals surface area contributed by atoms with E-state index in [-0.39, 0.29) is 24.3 Å². The summed E-state index contributed by atoms with van der Waals surface area (Å²) in [6.45, 7) is 14.0. The molecule has 4 aliphatic carbocycles. The van der Waals surface area contributed by atoms with Crippen LogP contribution in [0.3, 0.4) is 0 Å². The summed E-state index contributed by atoms with van der Waals surface area (Å²) in [7, 11) is 0. The van der Waals surface area contributed by atoms with Crippen molar-refractivity contribution < 1.29 is 14.3 Å². The zero-order valence-electron chi connectivity index (χ0n) is 23.0. The minimum atomic E-state index is -0.317. The Morgan fingerprint density at radius 2 is 1.59 bits per heavy atom. The Morgan fingerprint density at radius 3 is 2.29 bits per heavy atom. The smallest absolute Gasteiger partial charge is 0.313 e. The summed E-state index contributed by atoms with van der Waals surface area (Å²) in [4.78, 5) is 23.4. The molecule has 194 valence electrons. The Kier molecular flexibility index (Phi) is 7.90. The van der Waals surface area contributed by atoms with Gasteiger partial charge in [-0.25, -0.2) is 0 Å². The number of ketones is 1. The van der Waals surface area contributed by atoms with Crippen LogP contribution in [0, 0.1) is 52.3 Å². The SMILES string of the molecule is CC(=O)CC(=O)O[C@H]1CC[C@@]2(C)[C@@H](CC[C@H]3[C@H]2CC[C@@]2(C)[C@H]3CC[C@H]2[C@H](C)CCCC(C)C)C1. The monoisotopic (exact) mass is 472 g/mol. The van der Waals surface area contributed by atoms with Crippen LogP contribution in [0.25, 0.3) is 0 Å². The lowest BCUT2D eigenvalue weighted by Crippen LogP contribution is -2.54. The van der Waals surface area contributed by atoms with Gasteiger partial charge >= 0.3 is 5.97 Å². The lowest BCUT2D eigenvalue weighted by atomic mass is 9.44. The van der Waals surface area contributed by atoms with E-state index in [9.17, 15) is 9.59 Å². The Hall–Kier alpha value is -0.860. The maximum Gasteiger partial charge on any atom is 0.313 e. The van der Waals surface area contributed by atoms with E-state index in [2.05, 4.69) is 34.6 Å². The molecule has 0 aliphatic heterocycles. The van der Waals surface area contributed by atoms with E-state index in [1.165, 1.54) is 71.1 Å². The molecule has 0 aromatic carbocycles. The normalized spacial score (nSPS) is 42.4. The van der Waals surface area contributed by atoms with Gasteiger partial charge in [-0.05, 0) is 117 Å². The van der Waals surface area contributed by atoms with Crippen molar-refractivity contribution in [2.75, 3.05) is 0 Å². The van der Waals surface area contributed by atoms with Crippen LogP contribution >= 0.6 is 0 Å². The van der Waals surface area contributed by atoms with Gasteiger partial charge in [-0.15, -0.1) is 0 Å². The van der Waals surface area contributed by atoms with E-state index in [1.807, 2.05) is 0 Å². The number of Topliss-reactive ketones (excluding diaryl/α,β-unsaturated/α-hetero) is 1. The van der Waals surface area contributed by atoms with E-state index in [0.29, 0.717) is 16.7 Å². The summed E-state index contributed by atoms with van der Waals surface area (Å²) in [5.74, 6) is 5.58. The molecular weight excluding hydrogens is 420 g/mol. The molecule has 3 heteroatoms. The topological polar surface area (TPSA) is 43.4 Å². The summed E-state index contributed by atoms with van der Waals surface area (Å²) in [6, 6.07) is 0. The van der Waals surface area contributed by atoms with Crippen molar-refractivity contribution in [2.45, 2.75) is 131 Å². The van der Waals surface area contributed by atoms with Crippen molar-refractivity contribution in [3.05, 3.63) is 0 Å². The van der Waals surface area contributed by atoms with Gasteiger partial charge < -0.3 is 4.74 Å². The molecule has 0 aromatic heterocycles. The van der Waals surface area contributed by atoms with E-state index in [4.69, 9.17) is 4.74 Å². The molecule has 3 nitrogen and oxygen atoms in total. The Bertz CT molecular complexity index is 743. The van der Waals surface area contributed by atoms with Crippen molar-refractivity contribution in [1.82, 2.24) is 0 Å². The van der Waals surface area contributed by atoms with Crippen molar-refractivity contribution in [3.63, 3.8) is 0 Å². The fourth-order valence-electron chi connectivity index (χ4n) is 9.78. The van der Waals surface area contributed by atoms with Gasteiger partial charge in [-0.3, -0.25) is 9.59 Å². The fourth-order valence-corrected chi connectivity index (χ4v) is 9.78. The first-order valence-electron chi connectivity index (χ1n) is 14.7. The molecule has 0 heterocycles. The molecule has 0 aromatic rings. The molecule has 4 fully saturated rings. The lowest BCUT2D eigenvalue weighted by molar-refractivity contribution is -0.163. The van der Waals surface area contributed by atoms with E-state index < -0.39 is 0 Å². The predicted octanol–water partition coefficient (Wildman–Crippen LogP) is 8.00. The molecule has 0 bridgehead atoms. The largest absolute Gasteiger partial charge is 0.462 e. The second-order valence-electron chi connectivity index (χ2n) is 14.0. The van der Waals surface area contributed by atoms with Gasteiger partial charge in [0, 0.05) is 0 Å². The van der Waals surface area contributed by atoms with Crippen LogP contribution < -0.4 is 0 Å². The van der Waals surface area contributed by atoms with E-state index >= 15 is 0 Å². The minimum absolute atomic E-state index is 0.0258. The molecule has 0 N–H and O–H groups in total. The number of rotatable bonds is 8. The first kappa shape index (κ1) is 26.2. The van der Waals surface area contributed by atoms with Gasteiger partial charge in [0.05, 0.1) is 0 Å². The molecule has 4 saturated carbocycles. The first-order chi connectivity index (χ1) is 16.0. The molecular formula is C31H52O3. The Balaban J connectivity index is 1.39. The molecule has 34 heavy (non-hydrogen) atoms. The third-order valence-corrected chi connectivity index (χ3v) is 11.5. The summed E-state index contributed by atoms with van der Waals surface area (Å²) >= 11 is 0. The number of fused-ring (bicyclic) bond motifs is 5. The minimum Gasteiger partial charge on any atom is -0.462 e. The fraction of sp³-hybridized carbons (Fsp3) is 0.935. The number of hydrogen-bond donors (Lipinski definition) is 0. The summed E-state index contributed by atoms with van der Waals surface area (Å²) in [5.41, 5.74) is 0.968. The lowest BCUT2D eigenvalue weighted by Gasteiger charge is -2.61. The van der Waals surface area contributed by atoms with Gasteiger partial charge in [0.2, 0.25) is 0 Å². The molecule has 4 aliphatic rings. The Morgan fingerprint density at radius 1 is 0.882 bits per heavy atom. The number of hydrogen-bond acceptors (Lipinski definition) is 3. The highest BCUT2D eigenvalue weighted by molar-refractivity contribution is 5.94. The number of ether oxygens (including phenoxy) is 1. The second-order valence-corrected chi connectivity index (χ2v) is 14.0. The van der Waals surface area contributed by atoms with Gasteiger partial charge in [-0.2, -0.15) is 0 Å². The third kappa shape index (κ3) is 5.01. The van der Waals surface area contributed by atoms with Crippen LogP contribution in [0.1, 0.15) is 125 Å². The highest BCUT2D eigenvalue weighted by Crippen LogP contribution is 2.68. The number of carbonyl (C=O) groups excluding carboxylic acids is 2. The second kappa shape index (κ2) is 10.3. The first-order valence-corrected chi connectivity index (χ1v) is 14.7. The maximum absolute atomic E-state index is 12.1. The zero-order valence-corrected chi connectivity index (χ0v) is 23.0. The van der Waals surface area contributed by atoms with Gasteiger partial charge in [-0.1, -0.05) is 53.9 Å². The molecule has 0 spiro atoms. The van der Waals surface area contributed by atoms with Crippen LogP contribution in [0.15, 0.2) is 0 Å². The molecule has 0 saturated heterocycles. The average Bonchev–Trinajstić information content (AvgIpc) is 3.10. The van der Waals surface area contributed by atoms with Crippen molar-refractivity contribution in [3.8, 4) is 0 Å². The zero-order chi connectivity index (χ0) is 24.7. The molecule has 9 atom stereocenters. The quantitative estimate of drug-likeness (QED) is 0.265. The summed E-state index contributed by atoms with van der Waals surface area (Å²) < 4.78 is 5.75. The van der Waals surface area contributed by atoms with Crippen molar-refractivity contribution in [2.24, 2.45) is 52.3 Å².